The van der Waals surface area contributed by atoms with Crippen molar-refractivity contribution in [3.63, 3.8) is 0 Å². The highest BCUT2D eigenvalue weighted by atomic mass is 32.2. The minimum absolute atomic E-state index is 0.0425. The Bertz CT molecular complexity index is 1380. The molecular formula is C30H38N4O5S. The molecule has 1 atom stereocenters. The number of rotatable bonds is 6. The molecule has 2 saturated heterocycles. The Labute approximate surface area is 236 Å². The molecule has 6 rings (SSSR count). The molecule has 3 heterocycles. The van der Waals surface area contributed by atoms with Crippen LogP contribution in [0.4, 0.5) is 11.4 Å². The zero-order valence-electron chi connectivity index (χ0n) is 23.3. The normalized spacial score (nSPS) is 22.4. The molecule has 2 aromatic carbocycles. The van der Waals surface area contributed by atoms with Crippen molar-refractivity contribution in [1.82, 2.24) is 9.21 Å². The van der Waals surface area contributed by atoms with Crippen LogP contribution in [0, 0.1) is 11.8 Å². The summed E-state index contributed by atoms with van der Waals surface area (Å²) in [6.45, 7) is 5.57. The highest BCUT2D eigenvalue weighted by Crippen LogP contribution is 2.40. The van der Waals surface area contributed by atoms with Crippen LogP contribution in [0.1, 0.15) is 38.2 Å². The molecule has 1 saturated carbocycles. The van der Waals surface area contributed by atoms with Crippen LogP contribution in [0.25, 0.3) is 0 Å². The fourth-order valence-electron chi connectivity index (χ4n) is 6.36. The number of methoxy groups -OCH3 is 1. The maximum absolute atomic E-state index is 13.5. The smallest absolute Gasteiger partial charge is 0.243 e. The summed E-state index contributed by atoms with van der Waals surface area (Å²) in [5.41, 5.74) is 2.89. The first kappa shape index (κ1) is 27.1. The first-order chi connectivity index (χ1) is 19.3. The summed E-state index contributed by atoms with van der Waals surface area (Å²) in [6.07, 6.45) is 3.62. The molecule has 1 unspecified atom stereocenters. The van der Waals surface area contributed by atoms with Crippen LogP contribution >= 0.6 is 0 Å². The number of ether oxygens (including phenoxy) is 1. The molecular weight excluding hydrogens is 528 g/mol. The second-order valence-corrected chi connectivity index (χ2v) is 13.5. The van der Waals surface area contributed by atoms with Crippen molar-refractivity contribution in [2.24, 2.45) is 11.8 Å². The Morgan fingerprint density at radius 1 is 0.825 bits per heavy atom. The lowest BCUT2D eigenvalue weighted by atomic mass is 9.96. The molecule has 0 N–H and O–H groups in total. The lowest BCUT2D eigenvalue weighted by Gasteiger charge is -2.39. The number of piperidine rings is 1. The fraction of sp³-hybridized carbons (Fsp3) is 0.533. The number of sulfonamides is 1. The van der Waals surface area contributed by atoms with Crippen molar-refractivity contribution in [1.29, 1.82) is 0 Å². The summed E-state index contributed by atoms with van der Waals surface area (Å²) >= 11 is 0. The van der Waals surface area contributed by atoms with Gasteiger partial charge < -0.3 is 19.4 Å². The minimum atomic E-state index is -3.67. The van der Waals surface area contributed by atoms with E-state index in [1.54, 1.807) is 25.3 Å². The van der Waals surface area contributed by atoms with Gasteiger partial charge >= 0.3 is 0 Å². The fourth-order valence-corrected chi connectivity index (χ4v) is 7.88. The number of benzene rings is 2. The summed E-state index contributed by atoms with van der Waals surface area (Å²) in [4.78, 5) is 32.4. The van der Waals surface area contributed by atoms with Gasteiger partial charge in [0.1, 0.15) is 5.75 Å². The molecule has 1 aliphatic carbocycles. The van der Waals surface area contributed by atoms with Gasteiger partial charge in [0.15, 0.2) is 0 Å². The maximum Gasteiger partial charge on any atom is 0.243 e. The Kier molecular flexibility index (Phi) is 7.25. The molecule has 10 heteroatoms. The highest BCUT2D eigenvalue weighted by Gasteiger charge is 2.40. The van der Waals surface area contributed by atoms with Crippen LogP contribution in [-0.4, -0.2) is 81.9 Å². The van der Waals surface area contributed by atoms with E-state index in [0.717, 1.165) is 48.6 Å². The van der Waals surface area contributed by atoms with E-state index in [-0.39, 0.29) is 34.6 Å². The van der Waals surface area contributed by atoms with Crippen molar-refractivity contribution in [3.05, 3.63) is 48.0 Å². The number of nitrogens with zero attached hydrogens (tertiary/aromatic N) is 4. The van der Waals surface area contributed by atoms with Crippen LogP contribution < -0.4 is 14.5 Å². The van der Waals surface area contributed by atoms with Crippen molar-refractivity contribution in [3.8, 4) is 5.75 Å². The van der Waals surface area contributed by atoms with Gasteiger partial charge in [0.05, 0.1) is 12.0 Å². The Morgan fingerprint density at radius 3 is 2.10 bits per heavy atom. The van der Waals surface area contributed by atoms with Crippen LogP contribution in [0.3, 0.4) is 0 Å². The van der Waals surface area contributed by atoms with E-state index in [1.165, 1.54) is 4.31 Å². The zero-order valence-corrected chi connectivity index (χ0v) is 24.1. The standard InChI is InChI=1S/C30H38N4O5S/c1-21-19-24-20-27(9-10-28(24)34(21)30(36)22-3-4-22)40(37,38)33-13-11-23(12-14-33)29(35)32-17-15-31(16-18-32)25-5-7-26(39-2)8-6-25/h5-10,20-23H,3-4,11-19H2,1-2H3. The number of hydrogen-bond donors (Lipinski definition) is 0. The predicted molar refractivity (Wildman–Crippen MR) is 153 cm³/mol. The minimum Gasteiger partial charge on any atom is -0.497 e. The zero-order chi connectivity index (χ0) is 28.0. The molecule has 214 valence electrons. The number of carbonyl (C=O) groups is 2. The SMILES string of the molecule is COc1ccc(N2CCN(C(=O)C3CCN(S(=O)(=O)c4ccc5c(c4)CC(C)N5C(=O)C4CC4)CC3)CC2)cc1. The Balaban J connectivity index is 1.04. The topological polar surface area (TPSA) is 90.5 Å². The molecule has 0 aromatic heterocycles. The van der Waals surface area contributed by atoms with E-state index in [4.69, 9.17) is 4.74 Å². The second-order valence-electron chi connectivity index (χ2n) is 11.5. The van der Waals surface area contributed by atoms with Crippen molar-refractivity contribution >= 4 is 33.2 Å². The largest absolute Gasteiger partial charge is 0.497 e. The van der Waals surface area contributed by atoms with E-state index in [2.05, 4.69) is 4.90 Å². The van der Waals surface area contributed by atoms with Crippen molar-refractivity contribution in [2.75, 3.05) is 56.2 Å². The lowest BCUT2D eigenvalue weighted by molar-refractivity contribution is -0.137. The van der Waals surface area contributed by atoms with Gasteiger partial charge in [-0.15, -0.1) is 0 Å². The third-order valence-corrected chi connectivity index (χ3v) is 10.8. The summed E-state index contributed by atoms with van der Waals surface area (Å²) in [5.74, 6) is 1.10. The lowest BCUT2D eigenvalue weighted by Crippen LogP contribution is -2.52. The number of piperazine rings is 1. The first-order valence-electron chi connectivity index (χ1n) is 14.4. The van der Waals surface area contributed by atoms with Gasteiger partial charge in [0.25, 0.3) is 0 Å². The van der Waals surface area contributed by atoms with Gasteiger partial charge in [0, 0.05) is 68.5 Å². The molecule has 2 aromatic rings. The molecule has 9 nitrogen and oxygen atoms in total. The van der Waals surface area contributed by atoms with Gasteiger partial charge in [-0.05, 0) is 87.1 Å². The van der Waals surface area contributed by atoms with Gasteiger partial charge in [-0.2, -0.15) is 4.31 Å². The first-order valence-corrected chi connectivity index (χ1v) is 15.8. The number of fused-ring (bicyclic) bond motifs is 1. The van der Waals surface area contributed by atoms with Crippen LogP contribution in [0.2, 0.25) is 0 Å². The third-order valence-electron chi connectivity index (χ3n) is 8.90. The Hall–Kier alpha value is -3.11. The third kappa shape index (κ3) is 5.07. The van der Waals surface area contributed by atoms with Crippen LogP contribution in [0.15, 0.2) is 47.4 Å². The van der Waals surface area contributed by atoms with Gasteiger partial charge in [-0.25, -0.2) is 8.42 Å². The molecule has 3 fully saturated rings. The van der Waals surface area contributed by atoms with Crippen molar-refractivity contribution < 1.29 is 22.7 Å². The molecule has 3 aliphatic heterocycles. The molecule has 2 amide bonds. The van der Waals surface area contributed by atoms with Gasteiger partial charge in [-0.1, -0.05) is 0 Å². The molecule has 0 spiro atoms. The van der Waals surface area contributed by atoms with Crippen LogP contribution in [0.5, 0.6) is 5.75 Å². The average molecular weight is 567 g/mol. The summed E-state index contributed by atoms with van der Waals surface area (Å²) < 4.78 is 33.8. The number of hydrogen-bond acceptors (Lipinski definition) is 6. The number of anilines is 2. The Morgan fingerprint density at radius 2 is 1.48 bits per heavy atom. The van der Waals surface area contributed by atoms with E-state index >= 15 is 0 Å². The number of amides is 2. The van der Waals surface area contributed by atoms with E-state index in [9.17, 15) is 18.0 Å². The van der Waals surface area contributed by atoms with Crippen molar-refractivity contribution in [2.45, 2.75) is 50.0 Å². The van der Waals surface area contributed by atoms with Crippen LogP contribution in [-0.2, 0) is 26.0 Å². The van der Waals surface area contributed by atoms with E-state index in [1.807, 2.05) is 41.0 Å². The summed E-state index contributed by atoms with van der Waals surface area (Å²) in [6, 6.07) is 13.2. The molecule has 0 radical (unpaired) electrons. The summed E-state index contributed by atoms with van der Waals surface area (Å²) in [7, 11) is -2.02. The predicted octanol–water partition coefficient (Wildman–Crippen LogP) is 3.13. The quantitative estimate of drug-likeness (QED) is 0.534. The average Bonchev–Trinajstić information content (AvgIpc) is 3.78. The van der Waals surface area contributed by atoms with E-state index in [0.29, 0.717) is 45.4 Å². The monoisotopic (exact) mass is 566 g/mol. The van der Waals surface area contributed by atoms with Gasteiger partial charge in [0.2, 0.25) is 21.8 Å². The highest BCUT2D eigenvalue weighted by molar-refractivity contribution is 7.89. The molecule has 40 heavy (non-hydrogen) atoms. The second kappa shape index (κ2) is 10.7. The number of carbonyl (C=O) groups excluding carboxylic acids is 2. The summed E-state index contributed by atoms with van der Waals surface area (Å²) in [5, 5.41) is 0. The maximum atomic E-state index is 13.5. The molecule has 4 aliphatic rings. The molecule has 0 bridgehead atoms. The van der Waals surface area contributed by atoms with E-state index < -0.39 is 10.0 Å². The van der Waals surface area contributed by atoms with Gasteiger partial charge in [-0.3, -0.25) is 9.59 Å².